The van der Waals surface area contributed by atoms with E-state index >= 15 is 0 Å². The van der Waals surface area contributed by atoms with E-state index in [0.717, 1.165) is 11.1 Å². The highest BCUT2D eigenvalue weighted by Gasteiger charge is 1.98. The van der Waals surface area contributed by atoms with Crippen molar-refractivity contribution in [1.82, 2.24) is 0 Å². The molecule has 2 aromatic carbocycles. The van der Waals surface area contributed by atoms with Crippen molar-refractivity contribution in [1.29, 1.82) is 0 Å². The average Bonchev–Trinajstić information content (AvgIpc) is 2.39. The maximum absolute atomic E-state index is 11.6. The first kappa shape index (κ1) is 11.2. The van der Waals surface area contributed by atoms with Gasteiger partial charge in [0.1, 0.15) is 0 Å². The van der Waals surface area contributed by atoms with Crippen LogP contribution < -0.4 is 0 Å². The van der Waals surface area contributed by atoms with Crippen LogP contribution in [0.2, 0.25) is 0 Å². The molecule has 0 aliphatic carbocycles. The van der Waals surface area contributed by atoms with Gasteiger partial charge < -0.3 is 0 Å². The molecule has 1 heteroatoms. The third-order valence-corrected chi connectivity index (χ3v) is 2.33. The van der Waals surface area contributed by atoms with Crippen LogP contribution in [0, 0.1) is 11.8 Å². The Kier molecular flexibility index (Phi) is 3.72. The van der Waals surface area contributed by atoms with Crippen molar-refractivity contribution >= 4 is 5.78 Å². The Hall–Kier alpha value is -2.33. The molecule has 0 fully saturated rings. The van der Waals surface area contributed by atoms with Gasteiger partial charge in [-0.15, -0.1) is 0 Å². The molecule has 0 unspecified atom stereocenters. The molecule has 82 valence electrons. The van der Waals surface area contributed by atoms with Crippen molar-refractivity contribution in [3.8, 4) is 11.8 Å². The molecule has 0 aromatic heterocycles. The van der Waals surface area contributed by atoms with Gasteiger partial charge in [-0.1, -0.05) is 54.5 Å². The van der Waals surface area contributed by atoms with E-state index < -0.39 is 0 Å². The van der Waals surface area contributed by atoms with Crippen LogP contribution in [-0.4, -0.2) is 5.78 Å². The summed E-state index contributed by atoms with van der Waals surface area (Å²) in [5, 5.41) is 0. The predicted octanol–water partition coefficient (Wildman–Crippen LogP) is 2.85. The van der Waals surface area contributed by atoms with Gasteiger partial charge in [-0.25, -0.2) is 0 Å². The number of hydrogen-bond acceptors (Lipinski definition) is 1. The smallest absolute Gasteiger partial charge is 0.210 e. The van der Waals surface area contributed by atoms with E-state index in [1.54, 1.807) is 0 Å². The molecule has 0 saturated carbocycles. The maximum Gasteiger partial charge on any atom is 0.210 e. The zero-order chi connectivity index (χ0) is 11.9. The van der Waals surface area contributed by atoms with Crippen molar-refractivity contribution in [2.24, 2.45) is 0 Å². The predicted molar refractivity (Wildman–Crippen MR) is 68.5 cm³/mol. The lowest BCUT2D eigenvalue weighted by atomic mass is 10.1. The van der Waals surface area contributed by atoms with Gasteiger partial charge in [-0.2, -0.15) is 0 Å². The zero-order valence-corrected chi connectivity index (χ0v) is 9.39. The van der Waals surface area contributed by atoms with Gasteiger partial charge in [0.25, 0.3) is 0 Å². The minimum Gasteiger partial charge on any atom is -0.285 e. The summed E-state index contributed by atoms with van der Waals surface area (Å²) in [6, 6.07) is 19.2. The van der Waals surface area contributed by atoms with Crippen molar-refractivity contribution < 1.29 is 4.79 Å². The second-order valence-corrected chi connectivity index (χ2v) is 3.70. The summed E-state index contributed by atoms with van der Waals surface area (Å²) in [5.74, 6) is 5.47. The first-order valence-corrected chi connectivity index (χ1v) is 5.48. The Morgan fingerprint density at radius 1 is 0.882 bits per heavy atom. The lowest BCUT2D eigenvalue weighted by Gasteiger charge is -1.94. The van der Waals surface area contributed by atoms with Gasteiger partial charge in [0.05, 0.1) is 0 Å². The molecule has 0 N–H and O–H groups in total. The molecule has 0 radical (unpaired) electrons. The van der Waals surface area contributed by atoms with Crippen LogP contribution >= 0.6 is 0 Å². The molecule has 2 rings (SSSR count). The molecular formula is C16H12O. The molecule has 0 amide bonds. The van der Waals surface area contributed by atoms with E-state index in [4.69, 9.17) is 0 Å². The first-order valence-electron chi connectivity index (χ1n) is 5.48. The number of ketones is 1. The Bertz CT molecular complexity index is 544. The second-order valence-electron chi connectivity index (χ2n) is 3.70. The van der Waals surface area contributed by atoms with Crippen molar-refractivity contribution in [3.05, 3.63) is 71.8 Å². The number of carbonyl (C=O) groups is 1. The Balaban J connectivity index is 2.02. The highest BCUT2D eigenvalue weighted by Crippen LogP contribution is 2.00. The summed E-state index contributed by atoms with van der Waals surface area (Å²) in [7, 11) is 0. The number of rotatable bonds is 2. The Morgan fingerprint density at radius 3 is 2.12 bits per heavy atom. The van der Waals surface area contributed by atoms with Gasteiger partial charge in [-0.05, 0) is 23.6 Å². The van der Waals surface area contributed by atoms with Crippen molar-refractivity contribution in [3.63, 3.8) is 0 Å². The quantitative estimate of drug-likeness (QED) is 0.711. The van der Waals surface area contributed by atoms with E-state index in [-0.39, 0.29) is 5.78 Å². The maximum atomic E-state index is 11.6. The van der Waals surface area contributed by atoms with Crippen LogP contribution in [0.5, 0.6) is 0 Å². The standard InChI is InChI=1S/C16H12O/c17-16(13-15-9-5-2-6-10-15)12-11-14-7-3-1-4-8-14/h1-10H,13H2. The average molecular weight is 220 g/mol. The lowest BCUT2D eigenvalue weighted by Crippen LogP contribution is -1.98. The van der Waals surface area contributed by atoms with Crippen molar-refractivity contribution in [2.45, 2.75) is 6.42 Å². The van der Waals surface area contributed by atoms with Crippen LogP contribution in [0.3, 0.4) is 0 Å². The summed E-state index contributed by atoms with van der Waals surface area (Å²) in [6.45, 7) is 0. The van der Waals surface area contributed by atoms with Crippen LogP contribution in [0.1, 0.15) is 11.1 Å². The van der Waals surface area contributed by atoms with Crippen molar-refractivity contribution in [2.75, 3.05) is 0 Å². The van der Waals surface area contributed by atoms with Gasteiger partial charge >= 0.3 is 0 Å². The topological polar surface area (TPSA) is 17.1 Å². The lowest BCUT2D eigenvalue weighted by molar-refractivity contribution is -0.113. The molecule has 0 aliphatic rings. The SMILES string of the molecule is O=C(C#Cc1ccccc1)Cc1ccccc1. The summed E-state index contributed by atoms with van der Waals surface area (Å²) >= 11 is 0. The van der Waals surface area contributed by atoms with E-state index in [9.17, 15) is 4.79 Å². The fourth-order valence-electron chi connectivity index (χ4n) is 1.49. The molecule has 0 heterocycles. The molecule has 0 bridgehead atoms. The largest absolute Gasteiger partial charge is 0.285 e. The third kappa shape index (κ3) is 3.62. The molecule has 0 spiro atoms. The first-order chi connectivity index (χ1) is 8.34. The van der Waals surface area contributed by atoms with Gasteiger partial charge in [0, 0.05) is 12.0 Å². The van der Waals surface area contributed by atoms with E-state index in [1.807, 2.05) is 60.7 Å². The van der Waals surface area contributed by atoms with Crippen LogP contribution in [0.25, 0.3) is 0 Å². The van der Waals surface area contributed by atoms with Gasteiger partial charge in [0.2, 0.25) is 5.78 Å². The molecule has 1 nitrogen and oxygen atoms in total. The van der Waals surface area contributed by atoms with E-state index in [2.05, 4.69) is 11.8 Å². The van der Waals surface area contributed by atoms with Gasteiger partial charge in [-0.3, -0.25) is 4.79 Å². The fraction of sp³-hybridized carbons (Fsp3) is 0.0625. The minimum atomic E-state index is -0.0555. The highest BCUT2D eigenvalue weighted by molar-refractivity contribution is 5.97. The zero-order valence-electron chi connectivity index (χ0n) is 9.39. The summed E-state index contributed by atoms with van der Waals surface area (Å²) in [4.78, 5) is 11.6. The molecule has 0 atom stereocenters. The Morgan fingerprint density at radius 2 is 1.47 bits per heavy atom. The molecule has 17 heavy (non-hydrogen) atoms. The minimum absolute atomic E-state index is 0.0555. The summed E-state index contributed by atoms with van der Waals surface area (Å²) in [5.41, 5.74) is 1.87. The number of carbonyl (C=O) groups excluding carboxylic acids is 1. The fourth-order valence-corrected chi connectivity index (χ4v) is 1.49. The number of Topliss-reactive ketones (excluding diaryl/α,β-unsaturated/α-hetero) is 1. The number of benzene rings is 2. The molecular weight excluding hydrogens is 208 g/mol. The van der Waals surface area contributed by atoms with Gasteiger partial charge in [0.15, 0.2) is 0 Å². The highest BCUT2D eigenvalue weighted by atomic mass is 16.1. The summed E-state index contributed by atoms with van der Waals surface area (Å²) in [6.07, 6.45) is 0.376. The molecule has 0 aliphatic heterocycles. The normalized spacial score (nSPS) is 9.18. The third-order valence-electron chi connectivity index (χ3n) is 2.33. The number of hydrogen-bond donors (Lipinski definition) is 0. The summed E-state index contributed by atoms with van der Waals surface area (Å²) < 4.78 is 0. The van der Waals surface area contributed by atoms with Crippen LogP contribution in [0.15, 0.2) is 60.7 Å². The second kappa shape index (κ2) is 5.67. The van der Waals surface area contributed by atoms with Crippen LogP contribution in [-0.2, 0) is 11.2 Å². The van der Waals surface area contributed by atoms with Crippen LogP contribution in [0.4, 0.5) is 0 Å². The Labute approximate surface area is 101 Å². The van der Waals surface area contributed by atoms with E-state index in [1.165, 1.54) is 0 Å². The molecule has 0 saturated heterocycles. The molecule has 2 aromatic rings. The monoisotopic (exact) mass is 220 g/mol. The van der Waals surface area contributed by atoms with E-state index in [0.29, 0.717) is 6.42 Å².